The van der Waals surface area contributed by atoms with Crippen LogP contribution in [-0.2, 0) is 16.6 Å². The van der Waals surface area contributed by atoms with E-state index in [0.717, 1.165) is 47.1 Å². The number of hydrogen-bond acceptors (Lipinski definition) is 5. The van der Waals surface area contributed by atoms with Gasteiger partial charge in [0.15, 0.2) is 5.76 Å². The second kappa shape index (κ2) is 7.79. The summed E-state index contributed by atoms with van der Waals surface area (Å²) in [7, 11) is -3.45. The highest BCUT2D eigenvalue weighted by atomic mass is 32.2. The normalized spacial score (nSPS) is 16.5. The SMILES string of the molecule is Cc1ccc(C)c(S(=O)(=O)N2CC[NH+](Cc3cc(-c4cccs4)on3)CC2)c1. The van der Waals surface area contributed by atoms with Crippen LogP contribution in [0.3, 0.4) is 0 Å². The summed E-state index contributed by atoms with van der Waals surface area (Å²) in [6.07, 6.45) is 0. The molecule has 0 spiro atoms. The van der Waals surface area contributed by atoms with Gasteiger partial charge in [-0.3, -0.25) is 0 Å². The van der Waals surface area contributed by atoms with Gasteiger partial charge in [-0.25, -0.2) is 8.42 Å². The van der Waals surface area contributed by atoms with Crippen molar-refractivity contribution in [1.82, 2.24) is 9.46 Å². The smallest absolute Gasteiger partial charge is 0.243 e. The maximum atomic E-state index is 13.1. The number of hydrogen-bond donors (Lipinski definition) is 1. The molecule has 1 aliphatic rings. The quantitative estimate of drug-likeness (QED) is 0.689. The standard InChI is InChI=1S/C20H23N3O3S2/c1-15-5-6-16(2)20(12-15)28(24,25)23-9-7-22(8-10-23)14-17-13-18(26-21-17)19-4-3-11-27-19/h3-6,11-13H,7-10,14H2,1-2H3/p+1. The van der Waals surface area contributed by atoms with Gasteiger partial charge in [0, 0.05) is 6.07 Å². The average molecular weight is 419 g/mol. The molecule has 1 aromatic carbocycles. The van der Waals surface area contributed by atoms with Crippen molar-refractivity contribution in [3.63, 3.8) is 0 Å². The lowest BCUT2D eigenvalue weighted by atomic mass is 10.2. The Morgan fingerprint density at radius 3 is 2.68 bits per heavy atom. The fourth-order valence-corrected chi connectivity index (χ4v) is 5.95. The molecule has 8 heteroatoms. The third kappa shape index (κ3) is 3.91. The van der Waals surface area contributed by atoms with E-state index in [1.807, 2.05) is 49.6 Å². The summed E-state index contributed by atoms with van der Waals surface area (Å²) >= 11 is 1.62. The first-order valence-corrected chi connectivity index (χ1v) is 11.7. The molecule has 1 aliphatic heterocycles. The number of rotatable bonds is 5. The van der Waals surface area contributed by atoms with Gasteiger partial charge in [0.25, 0.3) is 0 Å². The van der Waals surface area contributed by atoms with Crippen molar-refractivity contribution in [2.24, 2.45) is 0 Å². The zero-order valence-electron chi connectivity index (χ0n) is 16.0. The van der Waals surface area contributed by atoms with Crippen molar-refractivity contribution < 1.29 is 17.8 Å². The molecule has 148 valence electrons. The van der Waals surface area contributed by atoms with Gasteiger partial charge in [-0.05, 0) is 42.5 Å². The van der Waals surface area contributed by atoms with E-state index >= 15 is 0 Å². The molecule has 2 aromatic heterocycles. The van der Waals surface area contributed by atoms with E-state index in [9.17, 15) is 8.42 Å². The van der Waals surface area contributed by atoms with Crippen molar-refractivity contribution in [3.8, 4) is 10.6 Å². The van der Waals surface area contributed by atoms with E-state index < -0.39 is 10.0 Å². The zero-order valence-corrected chi connectivity index (χ0v) is 17.6. The highest BCUT2D eigenvalue weighted by Gasteiger charge is 2.31. The van der Waals surface area contributed by atoms with Gasteiger partial charge in [0.05, 0.1) is 36.0 Å². The van der Waals surface area contributed by atoms with Crippen LogP contribution in [0.1, 0.15) is 16.8 Å². The molecule has 0 aliphatic carbocycles. The molecule has 6 nitrogen and oxygen atoms in total. The summed E-state index contributed by atoms with van der Waals surface area (Å²) in [5.74, 6) is 0.792. The Hall–Kier alpha value is -2.00. The summed E-state index contributed by atoms with van der Waals surface area (Å²) in [4.78, 5) is 2.81. The number of nitrogens with one attached hydrogen (secondary N) is 1. The number of thiophene rings is 1. The maximum Gasteiger partial charge on any atom is 0.243 e. The molecule has 3 aromatic rings. The van der Waals surface area contributed by atoms with E-state index in [4.69, 9.17) is 4.52 Å². The highest BCUT2D eigenvalue weighted by molar-refractivity contribution is 7.89. The summed E-state index contributed by atoms with van der Waals surface area (Å²) < 4.78 is 33.2. The number of sulfonamides is 1. The number of aromatic nitrogens is 1. The third-order valence-corrected chi connectivity index (χ3v) is 8.07. The topological polar surface area (TPSA) is 67.8 Å². The molecule has 0 saturated carbocycles. The molecule has 3 heterocycles. The molecule has 0 radical (unpaired) electrons. The Morgan fingerprint density at radius 2 is 1.96 bits per heavy atom. The highest BCUT2D eigenvalue weighted by Crippen LogP contribution is 2.25. The molecular weight excluding hydrogens is 394 g/mol. The van der Waals surface area contributed by atoms with E-state index in [2.05, 4.69) is 5.16 Å². The van der Waals surface area contributed by atoms with Crippen LogP contribution in [0.15, 0.2) is 51.2 Å². The first-order valence-electron chi connectivity index (χ1n) is 9.34. The monoisotopic (exact) mass is 418 g/mol. The predicted molar refractivity (Wildman–Crippen MR) is 109 cm³/mol. The van der Waals surface area contributed by atoms with Crippen molar-refractivity contribution >= 4 is 21.4 Å². The van der Waals surface area contributed by atoms with Gasteiger partial charge in [0.1, 0.15) is 12.2 Å². The van der Waals surface area contributed by atoms with Crippen LogP contribution in [-0.4, -0.2) is 44.1 Å². The number of benzene rings is 1. The average Bonchev–Trinajstić information content (AvgIpc) is 3.36. The number of piperazine rings is 1. The molecule has 28 heavy (non-hydrogen) atoms. The van der Waals surface area contributed by atoms with E-state index in [1.54, 1.807) is 21.7 Å². The molecule has 1 fully saturated rings. The summed E-state index contributed by atoms with van der Waals surface area (Å²) in [6.45, 7) is 7.05. The number of nitrogens with zero attached hydrogens (tertiary/aromatic N) is 2. The van der Waals surface area contributed by atoms with Crippen LogP contribution in [0.5, 0.6) is 0 Å². The van der Waals surface area contributed by atoms with Crippen molar-refractivity contribution in [1.29, 1.82) is 0 Å². The lowest BCUT2D eigenvalue weighted by Crippen LogP contribution is -3.13. The second-order valence-corrected chi connectivity index (χ2v) is 10.1. The molecule has 4 rings (SSSR count). The molecule has 0 amide bonds. The van der Waals surface area contributed by atoms with Crippen molar-refractivity contribution in [3.05, 3.63) is 58.6 Å². The maximum absolute atomic E-state index is 13.1. The summed E-state index contributed by atoms with van der Waals surface area (Å²) in [5.41, 5.74) is 2.66. The first kappa shape index (κ1) is 19.3. The first-order chi connectivity index (χ1) is 13.4. The summed E-state index contributed by atoms with van der Waals surface area (Å²) in [5, 5.41) is 6.19. The minimum Gasteiger partial charge on any atom is -0.355 e. The molecular formula is C20H24N3O3S2+. The van der Waals surface area contributed by atoms with Gasteiger partial charge in [-0.15, -0.1) is 11.3 Å². The fraction of sp³-hybridized carbons (Fsp3) is 0.350. The fourth-order valence-electron chi connectivity index (χ4n) is 3.53. The minimum absolute atomic E-state index is 0.424. The molecule has 0 bridgehead atoms. The molecule has 0 unspecified atom stereocenters. The van der Waals surface area contributed by atoms with Crippen LogP contribution in [0.2, 0.25) is 0 Å². The predicted octanol–water partition coefficient (Wildman–Crippen LogP) is 2.11. The van der Waals surface area contributed by atoms with Crippen LogP contribution in [0.4, 0.5) is 0 Å². The zero-order chi connectivity index (χ0) is 19.7. The Bertz CT molecular complexity index is 1050. The Morgan fingerprint density at radius 1 is 1.18 bits per heavy atom. The minimum atomic E-state index is -3.45. The van der Waals surface area contributed by atoms with Gasteiger partial charge in [-0.1, -0.05) is 23.4 Å². The number of aryl methyl sites for hydroxylation is 2. The van der Waals surface area contributed by atoms with Crippen molar-refractivity contribution in [2.75, 3.05) is 26.2 Å². The number of quaternary nitrogens is 1. The largest absolute Gasteiger partial charge is 0.355 e. The second-order valence-electron chi connectivity index (χ2n) is 7.26. The lowest BCUT2D eigenvalue weighted by Gasteiger charge is -2.31. The third-order valence-electron chi connectivity index (χ3n) is 5.15. The van der Waals surface area contributed by atoms with Gasteiger partial charge < -0.3 is 9.42 Å². The van der Waals surface area contributed by atoms with Gasteiger partial charge in [0.2, 0.25) is 10.0 Å². The van der Waals surface area contributed by atoms with Crippen LogP contribution in [0.25, 0.3) is 10.6 Å². The van der Waals surface area contributed by atoms with Crippen LogP contribution < -0.4 is 4.90 Å². The molecule has 1 N–H and O–H groups in total. The Kier molecular flexibility index (Phi) is 5.37. The van der Waals surface area contributed by atoms with E-state index in [1.165, 1.54) is 4.90 Å². The van der Waals surface area contributed by atoms with E-state index in [0.29, 0.717) is 18.0 Å². The lowest BCUT2D eigenvalue weighted by molar-refractivity contribution is -0.917. The van der Waals surface area contributed by atoms with Crippen LogP contribution >= 0.6 is 11.3 Å². The van der Waals surface area contributed by atoms with Crippen molar-refractivity contribution in [2.45, 2.75) is 25.3 Å². The Balaban J connectivity index is 1.40. The van der Waals surface area contributed by atoms with Gasteiger partial charge in [-0.2, -0.15) is 4.31 Å². The molecule has 0 atom stereocenters. The Labute approximate surface area is 169 Å². The van der Waals surface area contributed by atoms with Crippen LogP contribution in [0, 0.1) is 13.8 Å². The van der Waals surface area contributed by atoms with E-state index in [-0.39, 0.29) is 0 Å². The van der Waals surface area contributed by atoms with Gasteiger partial charge >= 0.3 is 0 Å². The summed E-state index contributed by atoms with van der Waals surface area (Å²) in [6, 6.07) is 11.6. The molecule has 1 saturated heterocycles.